The Morgan fingerprint density at radius 3 is 2.42 bits per heavy atom. The molecule has 2 aromatic carbocycles. The van der Waals surface area contributed by atoms with Gasteiger partial charge >= 0.3 is 0 Å². The Kier molecular flexibility index (Phi) is 4.41. The van der Waals surface area contributed by atoms with Gasteiger partial charge in [0.1, 0.15) is 5.82 Å². The lowest BCUT2D eigenvalue weighted by Gasteiger charge is -2.18. The van der Waals surface area contributed by atoms with E-state index in [1.54, 1.807) is 48.5 Å². The highest BCUT2D eigenvalue weighted by atomic mass is 32.2. The lowest BCUT2D eigenvalue weighted by atomic mass is 10.1. The summed E-state index contributed by atoms with van der Waals surface area (Å²) in [4.78, 5) is 12.5. The van der Waals surface area contributed by atoms with E-state index in [-0.39, 0.29) is 17.5 Å². The van der Waals surface area contributed by atoms with Gasteiger partial charge in [0, 0.05) is 13.0 Å². The van der Waals surface area contributed by atoms with Crippen LogP contribution in [0, 0.1) is 11.7 Å². The molecule has 0 radical (unpaired) electrons. The maximum atomic E-state index is 13.8. The van der Waals surface area contributed by atoms with E-state index in [1.165, 1.54) is 13.1 Å². The molecule has 1 saturated carbocycles. The fourth-order valence-electron chi connectivity index (χ4n) is 2.84. The number of hydrogen-bond donors (Lipinski definition) is 0. The smallest absolute Gasteiger partial charge is 0.241 e. The fourth-order valence-corrected chi connectivity index (χ4v) is 4.06. The third kappa shape index (κ3) is 3.33. The molecule has 0 N–H and O–H groups in total. The second-order valence-corrected chi connectivity index (χ2v) is 8.02. The summed E-state index contributed by atoms with van der Waals surface area (Å²) in [6.07, 6.45) is 0.477. The predicted molar refractivity (Wildman–Crippen MR) is 89.1 cm³/mol. The molecule has 2 atom stereocenters. The molecule has 2 aromatic rings. The Hall–Kier alpha value is -2.21. The molecule has 2 unspecified atom stereocenters. The van der Waals surface area contributed by atoms with E-state index in [0.717, 1.165) is 4.31 Å². The summed E-state index contributed by atoms with van der Waals surface area (Å²) < 4.78 is 39.4. The van der Waals surface area contributed by atoms with Gasteiger partial charge in [-0.1, -0.05) is 48.5 Å². The van der Waals surface area contributed by atoms with E-state index >= 15 is 0 Å². The van der Waals surface area contributed by atoms with Crippen LogP contribution in [0.2, 0.25) is 0 Å². The highest BCUT2D eigenvalue weighted by molar-refractivity contribution is 7.88. The summed E-state index contributed by atoms with van der Waals surface area (Å²) in [5, 5.41) is 0. The quantitative estimate of drug-likeness (QED) is 0.836. The van der Waals surface area contributed by atoms with Crippen molar-refractivity contribution in [3.05, 3.63) is 71.5 Å². The van der Waals surface area contributed by atoms with Crippen molar-refractivity contribution in [1.82, 2.24) is 4.31 Å². The average Bonchev–Trinajstić information content (AvgIpc) is 3.35. The van der Waals surface area contributed by atoms with E-state index < -0.39 is 21.8 Å². The SMILES string of the molecule is CN(C(=O)C1CC1c1ccccc1F)S(=O)(=O)Cc1ccccc1. The number of sulfonamides is 1. The summed E-state index contributed by atoms with van der Waals surface area (Å²) in [5.41, 5.74) is 1.10. The van der Waals surface area contributed by atoms with Crippen LogP contribution in [0.4, 0.5) is 4.39 Å². The van der Waals surface area contributed by atoms with Crippen LogP contribution in [0.5, 0.6) is 0 Å². The standard InChI is InChI=1S/C18H18FNO3S/c1-20(24(22,23)12-13-7-3-2-4-8-13)18(21)16-11-15(16)14-9-5-6-10-17(14)19/h2-10,15-16H,11-12H2,1H3. The Morgan fingerprint density at radius 1 is 1.12 bits per heavy atom. The van der Waals surface area contributed by atoms with E-state index in [0.29, 0.717) is 17.5 Å². The zero-order valence-corrected chi connectivity index (χ0v) is 14.0. The van der Waals surface area contributed by atoms with Crippen LogP contribution in [0.1, 0.15) is 23.5 Å². The molecule has 1 fully saturated rings. The number of nitrogens with zero attached hydrogens (tertiary/aromatic N) is 1. The van der Waals surface area contributed by atoms with Gasteiger partial charge < -0.3 is 0 Å². The molecule has 126 valence electrons. The molecule has 3 rings (SSSR count). The number of amides is 1. The summed E-state index contributed by atoms with van der Waals surface area (Å²) >= 11 is 0. The van der Waals surface area contributed by atoms with Crippen LogP contribution in [0.3, 0.4) is 0 Å². The normalized spacial score (nSPS) is 19.8. The second-order valence-electron chi connectivity index (χ2n) is 6.02. The van der Waals surface area contributed by atoms with Crippen molar-refractivity contribution < 1.29 is 17.6 Å². The molecular formula is C18H18FNO3S. The predicted octanol–water partition coefficient (Wildman–Crippen LogP) is 2.92. The maximum absolute atomic E-state index is 13.8. The Balaban J connectivity index is 1.71. The fraction of sp³-hybridized carbons (Fsp3) is 0.278. The molecule has 0 spiro atoms. The third-order valence-electron chi connectivity index (χ3n) is 4.33. The molecule has 0 aromatic heterocycles. The largest absolute Gasteiger partial charge is 0.273 e. The molecule has 1 amide bonds. The summed E-state index contributed by atoms with van der Waals surface area (Å²) in [7, 11) is -2.47. The first-order chi connectivity index (χ1) is 11.4. The lowest BCUT2D eigenvalue weighted by molar-refractivity contribution is -0.127. The van der Waals surface area contributed by atoms with Gasteiger partial charge in [-0.3, -0.25) is 4.79 Å². The van der Waals surface area contributed by atoms with Crippen LogP contribution >= 0.6 is 0 Å². The maximum Gasteiger partial charge on any atom is 0.241 e. The van der Waals surface area contributed by atoms with E-state index in [9.17, 15) is 17.6 Å². The van der Waals surface area contributed by atoms with Crippen LogP contribution < -0.4 is 0 Å². The van der Waals surface area contributed by atoms with Gasteiger partial charge in [-0.15, -0.1) is 0 Å². The van der Waals surface area contributed by atoms with Gasteiger partial charge in [-0.05, 0) is 29.5 Å². The topological polar surface area (TPSA) is 54.5 Å². The van der Waals surface area contributed by atoms with Crippen molar-refractivity contribution in [1.29, 1.82) is 0 Å². The van der Waals surface area contributed by atoms with Crippen molar-refractivity contribution in [2.45, 2.75) is 18.1 Å². The highest BCUT2D eigenvalue weighted by Crippen LogP contribution is 2.49. The average molecular weight is 347 g/mol. The Morgan fingerprint density at radius 2 is 1.75 bits per heavy atom. The van der Waals surface area contributed by atoms with Gasteiger partial charge in [0.2, 0.25) is 15.9 Å². The number of hydrogen-bond acceptors (Lipinski definition) is 3. The molecule has 0 heterocycles. The second kappa shape index (κ2) is 6.36. The zero-order valence-electron chi connectivity index (χ0n) is 13.2. The minimum absolute atomic E-state index is 0.229. The summed E-state index contributed by atoms with van der Waals surface area (Å²) in [6, 6.07) is 15.0. The minimum atomic E-state index is -3.74. The molecule has 1 aliphatic rings. The van der Waals surface area contributed by atoms with Gasteiger partial charge in [-0.2, -0.15) is 0 Å². The highest BCUT2D eigenvalue weighted by Gasteiger charge is 2.48. The molecular weight excluding hydrogens is 329 g/mol. The van der Waals surface area contributed by atoms with Crippen molar-refractivity contribution in [2.24, 2.45) is 5.92 Å². The molecule has 6 heteroatoms. The molecule has 0 bridgehead atoms. The van der Waals surface area contributed by atoms with Crippen molar-refractivity contribution in [3.8, 4) is 0 Å². The first kappa shape index (κ1) is 16.6. The lowest BCUT2D eigenvalue weighted by Crippen LogP contribution is -2.35. The zero-order chi connectivity index (χ0) is 17.3. The van der Waals surface area contributed by atoms with Crippen LogP contribution in [-0.2, 0) is 20.6 Å². The van der Waals surface area contributed by atoms with Crippen molar-refractivity contribution in [2.75, 3.05) is 7.05 Å². The molecule has 24 heavy (non-hydrogen) atoms. The monoisotopic (exact) mass is 347 g/mol. The molecule has 1 aliphatic carbocycles. The number of rotatable bonds is 5. The third-order valence-corrected chi connectivity index (χ3v) is 6.04. The van der Waals surface area contributed by atoms with Gasteiger partial charge in [0.25, 0.3) is 0 Å². The van der Waals surface area contributed by atoms with Crippen molar-refractivity contribution in [3.63, 3.8) is 0 Å². The van der Waals surface area contributed by atoms with Crippen LogP contribution in [-0.4, -0.2) is 25.7 Å². The number of benzene rings is 2. The molecule has 0 saturated heterocycles. The Bertz CT molecular complexity index is 852. The first-order valence-electron chi connectivity index (χ1n) is 7.69. The summed E-state index contributed by atoms with van der Waals surface area (Å²) in [5.74, 6) is -1.77. The Labute approximate surface area is 141 Å². The van der Waals surface area contributed by atoms with Gasteiger partial charge in [0.15, 0.2) is 0 Å². The minimum Gasteiger partial charge on any atom is -0.273 e. The van der Waals surface area contributed by atoms with Gasteiger partial charge in [0.05, 0.1) is 5.75 Å². The summed E-state index contributed by atoms with van der Waals surface area (Å²) in [6.45, 7) is 0. The number of carbonyl (C=O) groups is 1. The van der Waals surface area contributed by atoms with Crippen molar-refractivity contribution >= 4 is 15.9 Å². The first-order valence-corrected chi connectivity index (χ1v) is 9.30. The number of halogens is 1. The van der Waals surface area contributed by atoms with E-state index in [1.807, 2.05) is 0 Å². The van der Waals surface area contributed by atoms with E-state index in [4.69, 9.17) is 0 Å². The van der Waals surface area contributed by atoms with E-state index in [2.05, 4.69) is 0 Å². The van der Waals surface area contributed by atoms with Crippen LogP contribution in [0.15, 0.2) is 54.6 Å². The molecule has 4 nitrogen and oxygen atoms in total. The van der Waals surface area contributed by atoms with Crippen LogP contribution in [0.25, 0.3) is 0 Å². The van der Waals surface area contributed by atoms with Gasteiger partial charge in [-0.25, -0.2) is 17.1 Å². The molecule has 0 aliphatic heterocycles. The number of carbonyl (C=O) groups excluding carboxylic acids is 1.